The van der Waals surface area contributed by atoms with Crippen LogP contribution < -0.4 is 5.73 Å². The molecule has 8 heteroatoms. The molecule has 0 saturated heterocycles. The molecule has 2 N–H and O–H groups in total. The number of fused-ring (bicyclic) bond motifs is 1. The van der Waals surface area contributed by atoms with Crippen LogP contribution in [-0.2, 0) is 0 Å². The van der Waals surface area contributed by atoms with Crippen molar-refractivity contribution in [2.45, 2.75) is 0 Å². The lowest BCUT2D eigenvalue weighted by Gasteiger charge is -2.06. The summed E-state index contributed by atoms with van der Waals surface area (Å²) in [6, 6.07) is 8.43. The predicted octanol–water partition coefficient (Wildman–Crippen LogP) is 3.03. The van der Waals surface area contributed by atoms with E-state index in [1.165, 1.54) is 0 Å². The first-order valence-corrected chi connectivity index (χ1v) is 5.91. The third-order valence-corrected chi connectivity index (χ3v) is 3.12. The fourth-order valence-electron chi connectivity index (χ4n) is 2.00. The monoisotopic (exact) mass is 290 g/mol. The SMILES string of the molecule is Nc1c(-c2cccc(Cl)c2)cc2nonc2c1[N+](=O)[O-]. The van der Waals surface area contributed by atoms with E-state index in [1.807, 2.05) is 0 Å². The van der Waals surface area contributed by atoms with Gasteiger partial charge in [0.1, 0.15) is 11.2 Å². The van der Waals surface area contributed by atoms with E-state index in [0.29, 0.717) is 16.1 Å². The van der Waals surface area contributed by atoms with Crippen molar-refractivity contribution >= 4 is 34.0 Å². The van der Waals surface area contributed by atoms with Crippen molar-refractivity contribution in [3.63, 3.8) is 0 Å². The molecule has 0 saturated carbocycles. The highest BCUT2D eigenvalue weighted by atomic mass is 35.5. The second kappa shape index (κ2) is 4.46. The molecule has 3 rings (SSSR count). The average molecular weight is 291 g/mol. The topological polar surface area (TPSA) is 108 Å². The van der Waals surface area contributed by atoms with E-state index in [0.717, 1.165) is 0 Å². The molecule has 0 amide bonds. The zero-order chi connectivity index (χ0) is 14.3. The van der Waals surface area contributed by atoms with Crippen molar-refractivity contribution < 1.29 is 9.55 Å². The molecular weight excluding hydrogens is 284 g/mol. The van der Waals surface area contributed by atoms with Crippen LogP contribution in [0.25, 0.3) is 22.2 Å². The molecule has 1 aromatic heterocycles. The number of hydrogen-bond acceptors (Lipinski definition) is 6. The molecule has 0 atom stereocenters. The number of nitrogens with two attached hydrogens (primary N) is 1. The largest absolute Gasteiger partial charge is 0.393 e. The van der Waals surface area contributed by atoms with Crippen molar-refractivity contribution in [1.82, 2.24) is 10.3 Å². The van der Waals surface area contributed by atoms with Gasteiger partial charge in [0.25, 0.3) is 0 Å². The second-order valence-electron chi connectivity index (χ2n) is 4.09. The summed E-state index contributed by atoms with van der Waals surface area (Å²) in [6.45, 7) is 0. The van der Waals surface area contributed by atoms with Gasteiger partial charge in [0.05, 0.1) is 4.92 Å². The summed E-state index contributed by atoms with van der Waals surface area (Å²) in [6.07, 6.45) is 0. The number of nitrogen functional groups attached to an aromatic ring is 1. The van der Waals surface area contributed by atoms with Crippen molar-refractivity contribution in [3.05, 3.63) is 45.5 Å². The van der Waals surface area contributed by atoms with Gasteiger partial charge in [-0.3, -0.25) is 10.1 Å². The van der Waals surface area contributed by atoms with Gasteiger partial charge >= 0.3 is 5.69 Å². The number of nitro benzene ring substituents is 1. The van der Waals surface area contributed by atoms with Gasteiger partial charge in [-0.05, 0) is 34.1 Å². The molecule has 0 aliphatic carbocycles. The second-order valence-corrected chi connectivity index (χ2v) is 4.52. The third-order valence-electron chi connectivity index (χ3n) is 2.88. The number of anilines is 1. The fraction of sp³-hybridized carbons (Fsp3) is 0. The minimum Gasteiger partial charge on any atom is -0.393 e. The van der Waals surface area contributed by atoms with Crippen LogP contribution in [0.3, 0.4) is 0 Å². The molecule has 1 heterocycles. The van der Waals surface area contributed by atoms with Crippen molar-refractivity contribution in [2.24, 2.45) is 0 Å². The van der Waals surface area contributed by atoms with Crippen LogP contribution in [0.4, 0.5) is 11.4 Å². The van der Waals surface area contributed by atoms with E-state index in [2.05, 4.69) is 14.9 Å². The standard InChI is InChI=1S/C12H7ClN4O3/c13-7-3-1-2-6(4-7)8-5-9-11(16-20-15-9)12(10(8)14)17(18)19/h1-5H,14H2. The van der Waals surface area contributed by atoms with Gasteiger partial charge in [0.15, 0.2) is 0 Å². The van der Waals surface area contributed by atoms with E-state index < -0.39 is 4.92 Å². The molecule has 0 bridgehead atoms. The van der Waals surface area contributed by atoms with Crippen LogP contribution in [-0.4, -0.2) is 15.2 Å². The van der Waals surface area contributed by atoms with Crippen LogP contribution in [0.15, 0.2) is 35.0 Å². The van der Waals surface area contributed by atoms with Gasteiger partial charge in [0, 0.05) is 10.6 Å². The highest BCUT2D eigenvalue weighted by Crippen LogP contribution is 2.38. The smallest absolute Gasteiger partial charge is 0.324 e. The molecule has 2 aromatic carbocycles. The Morgan fingerprint density at radius 1 is 1.30 bits per heavy atom. The van der Waals surface area contributed by atoms with E-state index >= 15 is 0 Å². The maximum Gasteiger partial charge on any atom is 0.324 e. The molecule has 0 aliphatic rings. The fourth-order valence-corrected chi connectivity index (χ4v) is 2.19. The van der Waals surface area contributed by atoms with Crippen LogP contribution in [0.2, 0.25) is 5.02 Å². The Bertz CT molecular complexity index is 831. The first kappa shape index (κ1) is 12.4. The summed E-state index contributed by atoms with van der Waals surface area (Å²) in [7, 11) is 0. The Morgan fingerprint density at radius 2 is 2.10 bits per heavy atom. The van der Waals surface area contributed by atoms with Crippen LogP contribution in [0.1, 0.15) is 0 Å². The molecule has 0 radical (unpaired) electrons. The van der Waals surface area contributed by atoms with Crippen LogP contribution >= 0.6 is 11.6 Å². The molecule has 0 aliphatic heterocycles. The Morgan fingerprint density at radius 3 is 2.80 bits per heavy atom. The normalized spacial score (nSPS) is 10.8. The van der Waals surface area contributed by atoms with Gasteiger partial charge in [-0.25, -0.2) is 4.63 Å². The summed E-state index contributed by atoms with van der Waals surface area (Å²) < 4.78 is 4.54. The lowest BCUT2D eigenvalue weighted by atomic mass is 10.0. The summed E-state index contributed by atoms with van der Waals surface area (Å²) >= 11 is 5.93. The van der Waals surface area contributed by atoms with Crippen molar-refractivity contribution in [2.75, 3.05) is 5.73 Å². The Labute approximate surface area is 117 Å². The zero-order valence-corrected chi connectivity index (χ0v) is 10.7. The lowest BCUT2D eigenvalue weighted by Crippen LogP contribution is -1.99. The van der Waals surface area contributed by atoms with Crippen LogP contribution in [0.5, 0.6) is 0 Å². The molecular formula is C12H7ClN4O3. The minimum absolute atomic E-state index is 0.000432. The molecule has 0 fully saturated rings. The predicted molar refractivity (Wildman–Crippen MR) is 73.3 cm³/mol. The van der Waals surface area contributed by atoms with Gasteiger partial charge in [-0.15, -0.1) is 0 Å². The Kier molecular flexibility index (Phi) is 2.76. The average Bonchev–Trinajstić information content (AvgIpc) is 2.85. The molecule has 0 spiro atoms. The number of rotatable bonds is 2. The maximum atomic E-state index is 11.2. The van der Waals surface area contributed by atoms with Gasteiger partial charge in [-0.1, -0.05) is 23.7 Å². The number of nitrogens with zero attached hydrogens (tertiary/aromatic N) is 3. The minimum atomic E-state index is -0.601. The Hall–Kier alpha value is -2.67. The number of nitro groups is 1. The van der Waals surface area contributed by atoms with Crippen molar-refractivity contribution in [1.29, 1.82) is 0 Å². The van der Waals surface area contributed by atoms with Crippen LogP contribution in [0, 0.1) is 10.1 Å². The number of halogens is 1. The number of benzene rings is 2. The quantitative estimate of drug-likeness (QED) is 0.441. The molecule has 0 unspecified atom stereocenters. The first-order chi connectivity index (χ1) is 9.58. The van der Waals surface area contributed by atoms with Gasteiger partial charge < -0.3 is 5.73 Å². The van der Waals surface area contributed by atoms with E-state index in [1.54, 1.807) is 30.3 Å². The van der Waals surface area contributed by atoms with Gasteiger partial charge in [-0.2, -0.15) is 0 Å². The zero-order valence-electron chi connectivity index (χ0n) is 9.91. The van der Waals surface area contributed by atoms with Crippen molar-refractivity contribution in [3.8, 4) is 11.1 Å². The van der Waals surface area contributed by atoms with E-state index in [4.69, 9.17) is 17.3 Å². The molecule has 3 aromatic rings. The molecule has 7 nitrogen and oxygen atoms in total. The summed E-state index contributed by atoms with van der Waals surface area (Å²) in [4.78, 5) is 10.6. The summed E-state index contributed by atoms with van der Waals surface area (Å²) in [5, 5.41) is 18.8. The molecule has 20 heavy (non-hydrogen) atoms. The van der Waals surface area contributed by atoms with Gasteiger partial charge in [0.2, 0.25) is 5.52 Å². The maximum absolute atomic E-state index is 11.2. The Balaban J connectivity index is 2.37. The summed E-state index contributed by atoms with van der Waals surface area (Å²) in [5.74, 6) is 0. The number of aromatic nitrogens is 2. The third kappa shape index (κ3) is 1.84. The lowest BCUT2D eigenvalue weighted by molar-refractivity contribution is -0.382. The van der Waals surface area contributed by atoms with E-state index in [-0.39, 0.29) is 22.4 Å². The highest BCUT2D eigenvalue weighted by molar-refractivity contribution is 6.30. The summed E-state index contributed by atoms with van der Waals surface area (Å²) in [5.41, 5.74) is 6.98. The van der Waals surface area contributed by atoms with E-state index in [9.17, 15) is 10.1 Å². The highest BCUT2D eigenvalue weighted by Gasteiger charge is 2.25. The number of hydrogen-bond donors (Lipinski definition) is 1. The first-order valence-electron chi connectivity index (χ1n) is 5.53. The molecule has 100 valence electrons.